The minimum atomic E-state index is -3.75. The van der Waals surface area contributed by atoms with Gasteiger partial charge in [-0.05, 0) is 12.8 Å². The molecule has 0 aliphatic heterocycles. The van der Waals surface area contributed by atoms with Crippen molar-refractivity contribution in [3.8, 4) is 0 Å². The highest BCUT2D eigenvalue weighted by atomic mass is 32.2. The Balaban J connectivity index is 2.17. The van der Waals surface area contributed by atoms with Crippen LogP contribution in [0.25, 0.3) is 0 Å². The van der Waals surface area contributed by atoms with Crippen LogP contribution in [0.3, 0.4) is 0 Å². The fourth-order valence-electron chi connectivity index (χ4n) is 0.673. The number of nitrogens with two attached hydrogens (primary N) is 1. The number of carbonyl (C=O) groups excluding carboxylic acids is 1. The minimum absolute atomic E-state index is 0.236. The van der Waals surface area contributed by atoms with Crippen LogP contribution >= 0.6 is 0 Å². The van der Waals surface area contributed by atoms with Gasteiger partial charge in [0, 0.05) is 6.04 Å². The maximum atomic E-state index is 10.8. The molecule has 0 bridgehead atoms. The monoisotopic (exact) mass is 193 g/mol. The second-order valence-electron chi connectivity index (χ2n) is 2.71. The van der Waals surface area contributed by atoms with Crippen LogP contribution in [0.1, 0.15) is 12.8 Å². The highest BCUT2D eigenvalue weighted by molar-refractivity contribution is 7.87. The number of carbonyl (C=O) groups is 1. The lowest BCUT2D eigenvalue weighted by Crippen LogP contribution is -2.40. The first-order valence-corrected chi connectivity index (χ1v) is 5.09. The number of nitrogens with one attached hydrogen (secondary N) is 2. The zero-order valence-electron chi connectivity index (χ0n) is 6.41. The Labute approximate surface area is 70.7 Å². The van der Waals surface area contributed by atoms with Crippen LogP contribution in [0.4, 0.5) is 0 Å². The molecule has 0 heterocycles. The topological polar surface area (TPSA) is 101 Å². The summed E-state index contributed by atoms with van der Waals surface area (Å²) in [5, 5.41) is 7.22. The van der Waals surface area contributed by atoms with Crippen molar-refractivity contribution >= 4 is 16.1 Å². The second kappa shape index (κ2) is 3.38. The molecular formula is C5H11N3O3S. The molecule has 1 aliphatic carbocycles. The van der Waals surface area contributed by atoms with Crippen LogP contribution in [0.5, 0.6) is 0 Å². The standard InChI is InChI=1S/C5H11N3O3S/c6-12(10,11)7-3-5(9)8-4-1-2-4/h4,7H,1-3H2,(H,8,9)(H2,6,10,11). The van der Waals surface area contributed by atoms with Gasteiger partial charge in [-0.1, -0.05) is 0 Å². The van der Waals surface area contributed by atoms with Crippen molar-refractivity contribution in [1.82, 2.24) is 10.0 Å². The summed E-state index contributed by atoms with van der Waals surface area (Å²) in [5.41, 5.74) is 0. The predicted octanol–water partition coefficient (Wildman–Crippen LogP) is -1.94. The normalized spacial score (nSPS) is 17.4. The van der Waals surface area contributed by atoms with Crippen molar-refractivity contribution in [1.29, 1.82) is 0 Å². The molecule has 1 aliphatic rings. The molecule has 0 atom stereocenters. The van der Waals surface area contributed by atoms with Gasteiger partial charge in [-0.15, -0.1) is 0 Å². The summed E-state index contributed by atoms with van der Waals surface area (Å²) in [6.07, 6.45) is 1.95. The third kappa shape index (κ3) is 4.27. The summed E-state index contributed by atoms with van der Waals surface area (Å²) in [4.78, 5) is 10.8. The van der Waals surface area contributed by atoms with Crippen LogP contribution in [-0.4, -0.2) is 26.9 Å². The van der Waals surface area contributed by atoms with Crippen LogP contribution in [-0.2, 0) is 15.0 Å². The number of rotatable bonds is 4. The van der Waals surface area contributed by atoms with E-state index in [1.54, 1.807) is 0 Å². The SMILES string of the molecule is NS(=O)(=O)NCC(=O)NC1CC1. The van der Waals surface area contributed by atoms with Gasteiger partial charge in [0.2, 0.25) is 5.91 Å². The van der Waals surface area contributed by atoms with Crippen molar-refractivity contribution < 1.29 is 13.2 Å². The molecule has 6 nitrogen and oxygen atoms in total. The van der Waals surface area contributed by atoms with Crippen molar-refractivity contribution in [2.75, 3.05) is 6.54 Å². The van der Waals surface area contributed by atoms with E-state index in [9.17, 15) is 13.2 Å². The average Bonchev–Trinajstić information content (AvgIpc) is 2.66. The van der Waals surface area contributed by atoms with Crippen molar-refractivity contribution in [2.24, 2.45) is 5.14 Å². The smallest absolute Gasteiger partial charge is 0.274 e. The lowest BCUT2D eigenvalue weighted by atomic mass is 10.5. The van der Waals surface area contributed by atoms with Crippen LogP contribution in [0.15, 0.2) is 0 Å². The average molecular weight is 193 g/mol. The van der Waals surface area contributed by atoms with Gasteiger partial charge in [-0.25, -0.2) is 5.14 Å². The third-order valence-corrected chi connectivity index (χ3v) is 1.92. The van der Waals surface area contributed by atoms with Gasteiger partial charge in [0.15, 0.2) is 0 Å². The van der Waals surface area contributed by atoms with Gasteiger partial charge < -0.3 is 5.32 Å². The summed E-state index contributed by atoms with van der Waals surface area (Å²) in [7, 11) is -3.75. The van der Waals surface area contributed by atoms with E-state index < -0.39 is 10.2 Å². The van der Waals surface area contributed by atoms with Crippen molar-refractivity contribution in [2.45, 2.75) is 18.9 Å². The molecule has 0 unspecified atom stereocenters. The quantitative estimate of drug-likeness (QED) is 0.484. The van der Waals surface area contributed by atoms with E-state index in [0.29, 0.717) is 0 Å². The molecule has 4 N–H and O–H groups in total. The molecule has 1 rings (SSSR count). The third-order valence-electron chi connectivity index (χ3n) is 1.38. The fourth-order valence-corrected chi connectivity index (χ4v) is 1.00. The van der Waals surface area contributed by atoms with Gasteiger partial charge >= 0.3 is 0 Å². The van der Waals surface area contributed by atoms with Crippen molar-refractivity contribution in [3.63, 3.8) is 0 Å². The summed E-state index contributed by atoms with van der Waals surface area (Å²) in [5.74, 6) is -0.341. The lowest BCUT2D eigenvalue weighted by molar-refractivity contribution is -0.120. The second-order valence-corrected chi connectivity index (χ2v) is 4.09. The zero-order chi connectivity index (χ0) is 9.19. The van der Waals surface area contributed by atoms with Gasteiger partial charge in [-0.3, -0.25) is 4.79 Å². The predicted molar refractivity (Wildman–Crippen MR) is 42.3 cm³/mol. The first-order valence-electron chi connectivity index (χ1n) is 3.54. The summed E-state index contributed by atoms with van der Waals surface area (Å²) in [6.45, 7) is -0.282. The Morgan fingerprint density at radius 3 is 2.50 bits per heavy atom. The molecule has 1 fully saturated rings. The summed E-state index contributed by atoms with van der Waals surface area (Å²) < 4.78 is 22.5. The van der Waals surface area contributed by atoms with E-state index in [1.165, 1.54) is 0 Å². The molecule has 0 aromatic carbocycles. The Morgan fingerprint density at radius 2 is 2.08 bits per heavy atom. The fraction of sp³-hybridized carbons (Fsp3) is 0.800. The molecule has 0 spiro atoms. The van der Waals surface area contributed by atoms with Gasteiger partial charge in [0.1, 0.15) is 0 Å². The van der Waals surface area contributed by atoms with Crippen molar-refractivity contribution in [3.05, 3.63) is 0 Å². The highest BCUT2D eigenvalue weighted by Crippen LogP contribution is 2.18. The van der Waals surface area contributed by atoms with E-state index >= 15 is 0 Å². The Morgan fingerprint density at radius 1 is 1.50 bits per heavy atom. The molecule has 1 saturated carbocycles. The number of amides is 1. The molecule has 0 aromatic heterocycles. The Kier molecular flexibility index (Phi) is 2.65. The van der Waals surface area contributed by atoms with E-state index in [4.69, 9.17) is 0 Å². The molecular weight excluding hydrogens is 182 g/mol. The molecule has 70 valence electrons. The molecule has 12 heavy (non-hydrogen) atoms. The number of hydrogen-bond donors (Lipinski definition) is 3. The maximum Gasteiger partial charge on any atom is 0.274 e. The van der Waals surface area contributed by atoms with Gasteiger partial charge in [0.25, 0.3) is 10.2 Å². The van der Waals surface area contributed by atoms with Crippen LogP contribution in [0, 0.1) is 0 Å². The van der Waals surface area contributed by atoms with Crippen LogP contribution < -0.4 is 15.2 Å². The van der Waals surface area contributed by atoms with Gasteiger partial charge in [-0.2, -0.15) is 13.1 Å². The molecule has 0 radical (unpaired) electrons. The van der Waals surface area contributed by atoms with E-state index in [0.717, 1.165) is 12.8 Å². The molecule has 1 amide bonds. The minimum Gasteiger partial charge on any atom is -0.352 e. The largest absolute Gasteiger partial charge is 0.352 e. The molecule has 0 saturated heterocycles. The lowest BCUT2D eigenvalue weighted by Gasteiger charge is -2.02. The van der Waals surface area contributed by atoms with Gasteiger partial charge in [0.05, 0.1) is 6.54 Å². The first-order chi connectivity index (χ1) is 5.47. The first kappa shape index (κ1) is 9.43. The Hall–Kier alpha value is -0.660. The zero-order valence-corrected chi connectivity index (χ0v) is 7.23. The van der Waals surface area contributed by atoms with E-state index in [2.05, 4.69) is 10.5 Å². The Bertz CT molecular complexity index is 270. The summed E-state index contributed by atoms with van der Waals surface area (Å²) in [6, 6.07) is 0.236. The molecule has 7 heteroatoms. The highest BCUT2D eigenvalue weighted by Gasteiger charge is 2.23. The van der Waals surface area contributed by atoms with E-state index in [-0.39, 0.29) is 18.5 Å². The summed E-state index contributed by atoms with van der Waals surface area (Å²) >= 11 is 0. The number of hydrogen-bond acceptors (Lipinski definition) is 3. The van der Waals surface area contributed by atoms with E-state index in [1.807, 2.05) is 4.72 Å². The maximum absolute atomic E-state index is 10.8. The molecule has 0 aromatic rings. The van der Waals surface area contributed by atoms with Crippen LogP contribution in [0.2, 0.25) is 0 Å².